The van der Waals surface area contributed by atoms with Crippen LogP contribution in [0.2, 0.25) is 0 Å². The van der Waals surface area contributed by atoms with Gasteiger partial charge >= 0.3 is 5.97 Å². The van der Waals surface area contributed by atoms with Gasteiger partial charge in [-0.1, -0.05) is 12.6 Å². The van der Waals surface area contributed by atoms with Gasteiger partial charge in [-0.25, -0.2) is 9.18 Å². The van der Waals surface area contributed by atoms with E-state index in [0.29, 0.717) is 5.69 Å². The second-order valence-electron chi connectivity index (χ2n) is 3.24. The summed E-state index contributed by atoms with van der Waals surface area (Å²) in [5, 5.41) is 8.63. The van der Waals surface area contributed by atoms with Crippen molar-refractivity contribution in [3.8, 4) is 0 Å². The van der Waals surface area contributed by atoms with Crippen LogP contribution in [-0.4, -0.2) is 24.7 Å². The summed E-state index contributed by atoms with van der Waals surface area (Å²) in [6, 6.07) is 5.96. The Labute approximate surface area is 87.4 Å². The largest absolute Gasteiger partial charge is 0.478 e. The van der Waals surface area contributed by atoms with Gasteiger partial charge in [0.15, 0.2) is 0 Å². The maximum atomic E-state index is 12.9. The maximum absolute atomic E-state index is 12.9. The van der Waals surface area contributed by atoms with Crippen LogP contribution in [0.15, 0.2) is 36.4 Å². The van der Waals surface area contributed by atoms with E-state index in [9.17, 15) is 9.18 Å². The van der Waals surface area contributed by atoms with Gasteiger partial charge in [-0.15, -0.1) is 0 Å². The first-order chi connectivity index (χ1) is 7.00. The van der Waals surface area contributed by atoms with Crippen molar-refractivity contribution in [2.24, 2.45) is 0 Å². The fourth-order valence-corrected chi connectivity index (χ4v) is 1.16. The number of hydrogen-bond acceptors (Lipinski definition) is 2. The lowest BCUT2D eigenvalue weighted by Gasteiger charge is -2.18. The molecule has 4 heteroatoms. The van der Waals surface area contributed by atoms with Crippen molar-refractivity contribution in [2.45, 2.75) is 0 Å². The van der Waals surface area contributed by atoms with Gasteiger partial charge in [0.2, 0.25) is 0 Å². The fourth-order valence-electron chi connectivity index (χ4n) is 1.16. The van der Waals surface area contributed by atoms with Gasteiger partial charge in [-0.05, 0) is 18.2 Å². The average Bonchev–Trinajstić information content (AvgIpc) is 2.17. The van der Waals surface area contributed by atoms with Crippen molar-refractivity contribution in [1.82, 2.24) is 0 Å². The summed E-state index contributed by atoms with van der Waals surface area (Å²) in [7, 11) is 1.68. The number of aliphatic carboxylic acids is 1. The third kappa shape index (κ3) is 3.09. The van der Waals surface area contributed by atoms with Gasteiger partial charge in [-0.2, -0.15) is 0 Å². The molecule has 0 spiro atoms. The van der Waals surface area contributed by atoms with Crippen molar-refractivity contribution in [3.63, 3.8) is 0 Å². The van der Waals surface area contributed by atoms with E-state index in [-0.39, 0.29) is 17.9 Å². The molecule has 1 aromatic rings. The van der Waals surface area contributed by atoms with Crippen LogP contribution in [-0.2, 0) is 4.79 Å². The molecule has 1 N–H and O–H groups in total. The van der Waals surface area contributed by atoms with Crippen LogP contribution >= 0.6 is 0 Å². The minimum atomic E-state index is -1.04. The first-order valence-electron chi connectivity index (χ1n) is 4.38. The topological polar surface area (TPSA) is 40.5 Å². The number of likely N-dealkylation sites (N-methyl/N-ethyl adjacent to an activating group) is 1. The van der Waals surface area contributed by atoms with Gasteiger partial charge in [0.1, 0.15) is 5.82 Å². The van der Waals surface area contributed by atoms with E-state index in [0.717, 1.165) is 0 Å². The lowest BCUT2D eigenvalue weighted by molar-refractivity contribution is -0.132. The minimum Gasteiger partial charge on any atom is -0.478 e. The lowest BCUT2D eigenvalue weighted by atomic mass is 10.2. The van der Waals surface area contributed by atoms with Crippen LogP contribution in [0.25, 0.3) is 0 Å². The summed E-state index contributed by atoms with van der Waals surface area (Å²) in [5.41, 5.74) is 0.694. The molecule has 0 bridgehead atoms. The highest BCUT2D eigenvalue weighted by Gasteiger charge is 2.08. The molecule has 80 valence electrons. The molecule has 0 amide bonds. The van der Waals surface area contributed by atoms with Crippen molar-refractivity contribution in [3.05, 3.63) is 42.2 Å². The van der Waals surface area contributed by atoms with Crippen LogP contribution < -0.4 is 4.90 Å². The highest BCUT2D eigenvalue weighted by molar-refractivity contribution is 5.86. The smallest absolute Gasteiger partial charge is 0.332 e. The third-order valence-electron chi connectivity index (χ3n) is 1.98. The van der Waals surface area contributed by atoms with Gasteiger partial charge < -0.3 is 10.0 Å². The molecule has 0 saturated carbocycles. The predicted molar refractivity (Wildman–Crippen MR) is 56.4 cm³/mol. The molecule has 0 aromatic heterocycles. The number of hydrogen-bond donors (Lipinski definition) is 1. The van der Waals surface area contributed by atoms with Gasteiger partial charge in [0, 0.05) is 24.9 Å². The minimum absolute atomic E-state index is 0.0711. The zero-order valence-corrected chi connectivity index (χ0v) is 8.40. The number of carboxylic acid groups (broad SMARTS) is 1. The highest BCUT2D eigenvalue weighted by Crippen LogP contribution is 2.14. The van der Waals surface area contributed by atoms with E-state index >= 15 is 0 Å². The van der Waals surface area contributed by atoms with E-state index in [1.165, 1.54) is 12.1 Å². The summed E-state index contributed by atoms with van der Waals surface area (Å²) in [4.78, 5) is 12.2. The van der Waals surface area contributed by atoms with E-state index in [4.69, 9.17) is 5.11 Å². The Kier molecular flexibility index (Phi) is 3.44. The molecule has 0 aliphatic rings. The molecule has 0 heterocycles. The first-order valence-corrected chi connectivity index (χ1v) is 4.38. The Bertz CT molecular complexity index is 390. The fraction of sp³-hybridized carbons (Fsp3) is 0.182. The molecular formula is C11H12FNO2. The molecule has 1 rings (SSSR count). The van der Waals surface area contributed by atoms with Crippen molar-refractivity contribution in [1.29, 1.82) is 0 Å². The maximum Gasteiger partial charge on any atom is 0.332 e. The first kappa shape index (κ1) is 11.2. The second kappa shape index (κ2) is 4.59. The predicted octanol–water partition coefficient (Wildman–Crippen LogP) is 1.90. The second-order valence-corrected chi connectivity index (χ2v) is 3.24. The number of carboxylic acids is 1. The van der Waals surface area contributed by atoms with Crippen LogP contribution in [0.5, 0.6) is 0 Å². The van der Waals surface area contributed by atoms with Crippen molar-refractivity contribution in [2.75, 3.05) is 18.5 Å². The summed E-state index contributed by atoms with van der Waals surface area (Å²) in [6.45, 7) is 3.57. The van der Waals surface area contributed by atoms with Crippen molar-refractivity contribution < 1.29 is 14.3 Å². The molecular weight excluding hydrogens is 197 g/mol. The highest BCUT2D eigenvalue weighted by atomic mass is 19.1. The van der Waals surface area contributed by atoms with E-state index in [1.54, 1.807) is 24.1 Å². The molecule has 3 nitrogen and oxygen atoms in total. The molecule has 0 aliphatic carbocycles. The van der Waals surface area contributed by atoms with Crippen LogP contribution in [0.3, 0.4) is 0 Å². The standard InChI is InChI=1S/C11H12FNO2/c1-8(11(14)15)7-13(2)10-5-3-4-9(12)6-10/h3-6H,1,7H2,2H3,(H,14,15). The van der Waals surface area contributed by atoms with E-state index < -0.39 is 5.97 Å². The number of nitrogens with zero attached hydrogens (tertiary/aromatic N) is 1. The summed E-state index contributed by atoms with van der Waals surface area (Å²) < 4.78 is 12.9. The molecule has 0 radical (unpaired) electrons. The number of rotatable bonds is 4. The molecule has 0 saturated heterocycles. The SMILES string of the molecule is C=C(CN(C)c1cccc(F)c1)C(=O)O. The Balaban J connectivity index is 2.73. The lowest BCUT2D eigenvalue weighted by Crippen LogP contribution is -2.22. The Morgan fingerprint density at radius 3 is 2.80 bits per heavy atom. The normalized spacial score (nSPS) is 9.73. The van der Waals surface area contributed by atoms with Gasteiger partial charge in [0.05, 0.1) is 0 Å². The third-order valence-corrected chi connectivity index (χ3v) is 1.98. The molecule has 0 unspecified atom stereocenters. The molecule has 0 atom stereocenters. The monoisotopic (exact) mass is 209 g/mol. The van der Waals surface area contributed by atoms with Crippen LogP contribution in [0.1, 0.15) is 0 Å². The number of carbonyl (C=O) groups is 1. The number of benzene rings is 1. The quantitative estimate of drug-likeness (QED) is 0.770. The number of anilines is 1. The van der Waals surface area contributed by atoms with Crippen molar-refractivity contribution >= 4 is 11.7 Å². The Morgan fingerprint density at radius 1 is 1.60 bits per heavy atom. The van der Waals surface area contributed by atoms with Gasteiger partial charge in [-0.3, -0.25) is 0 Å². The average molecular weight is 209 g/mol. The summed E-state index contributed by atoms with van der Waals surface area (Å²) in [5.74, 6) is -1.39. The van der Waals surface area contributed by atoms with Crippen LogP contribution in [0, 0.1) is 5.82 Å². The molecule has 0 aliphatic heterocycles. The van der Waals surface area contributed by atoms with E-state index in [2.05, 4.69) is 6.58 Å². The Morgan fingerprint density at radius 2 is 2.27 bits per heavy atom. The molecule has 15 heavy (non-hydrogen) atoms. The molecule has 0 fully saturated rings. The number of halogens is 1. The molecule has 1 aromatic carbocycles. The van der Waals surface area contributed by atoms with Gasteiger partial charge in [0.25, 0.3) is 0 Å². The summed E-state index contributed by atoms with van der Waals surface area (Å²) in [6.07, 6.45) is 0. The Hall–Kier alpha value is -1.84. The summed E-state index contributed by atoms with van der Waals surface area (Å²) >= 11 is 0. The zero-order chi connectivity index (χ0) is 11.4. The zero-order valence-electron chi connectivity index (χ0n) is 8.40. The van der Waals surface area contributed by atoms with Crippen LogP contribution in [0.4, 0.5) is 10.1 Å². The van der Waals surface area contributed by atoms with E-state index in [1.807, 2.05) is 0 Å².